The number of nitrogens with one attached hydrogen (secondary N) is 1. The molecule has 1 aromatic rings. The summed E-state index contributed by atoms with van der Waals surface area (Å²) in [5.41, 5.74) is 1.39. The third-order valence-corrected chi connectivity index (χ3v) is 2.97. The third kappa shape index (κ3) is 9.96. The molecule has 0 aliphatic rings. The number of rotatable bonds is 12. The number of hydrogen-bond acceptors (Lipinski definition) is 3. The van der Waals surface area contributed by atoms with Crippen LogP contribution in [0.15, 0.2) is 30.3 Å². The first kappa shape index (κ1) is 17.2. The summed E-state index contributed by atoms with van der Waals surface area (Å²) in [6, 6.07) is 10.6. The molecule has 0 radical (unpaired) electrons. The van der Waals surface area contributed by atoms with Crippen molar-refractivity contribution in [1.29, 1.82) is 0 Å². The van der Waals surface area contributed by atoms with E-state index in [0.29, 0.717) is 6.10 Å². The van der Waals surface area contributed by atoms with Crippen molar-refractivity contribution in [2.75, 3.05) is 32.9 Å². The summed E-state index contributed by atoms with van der Waals surface area (Å²) in [5, 5.41) is 3.36. The Morgan fingerprint density at radius 2 is 1.75 bits per heavy atom. The van der Waals surface area contributed by atoms with Gasteiger partial charge in [0.25, 0.3) is 0 Å². The minimum Gasteiger partial charge on any atom is -0.380 e. The maximum Gasteiger partial charge on any atom is 0.0590 e. The Morgan fingerprint density at radius 3 is 2.50 bits per heavy atom. The highest BCUT2D eigenvalue weighted by Gasteiger charge is 1.94. The van der Waals surface area contributed by atoms with E-state index in [9.17, 15) is 0 Å². The first-order valence-electron chi connectivity index (χ1n) is 7.73. The summed E-state index contributed by atoms with van der Waals surface area (Å²) in [5.74, 6) is 0. The van der Waals surface area contributed by atoms with E-state index in [4.69, 9.17) is 9.47 Å². The summed E-state index contributed by atoms with van der Waals surface area (Å²) in [6.07, 6.45) is 3.59. The van der Waals surface area contributed by atoms with Gasteiger partial charge in [0.05, 0.1) is 12.7 Å². The lowest BCUT2D eigenvalue weighted by Crippen LogP contribution is -2.22. The molecule has 0 aliphatic heterocycles. The zero-order valence-electron chi connectivity index (χ0n) is 12.9. The number of benzene rings is 1. The smallest absolute Gasteiger partial charge is 0.0590 e. The van der Waals surface area contributed by atoms with Crippen LogP contribution in [0.5, 0.6) is 0 Å². The van der Waals surface area contributed by atoms with Crippen molar-refractivity contribution in [3.8, 4) is 0 Å². The van der Waals surface area contributed by atoms with E-state index in [0.717, 1.165) is 52.2 Å². The van der Waals surface area contributed by atoms with E-state index in [-0.39, 0.29) is 0 Å². The van der Waals surface area contributed by atoms with Gasteiger partial charge in [-0.3, -0.25) is 0 Å². The van der Waals surface area contributed by atoms with Crippen LogP contribution in [0.25, 0.3) is 0 Å². The molecule has 0 spiro atoms. The minimum atomic E-state index is 0.336. The molecule has 0 aromatic heterocycles. The quantitative estimate of drug-likeness (QED) is 0.597. The Labute approximate surface area is 123 Å². The minimum absolute atomic E-state index is 0.336. The molecule has 1 rings (SSSR count). The van der Waals surface area contributed by atoms with Crippen molar-refractivity contribution in [3.63, 3.8) is 0 Å². The van der Waals surface area contributed by atoms with Crippen molar-refractivity contribution in [2.45, 2.75) is 39.2 Å². The third-order valence-electron chi connectivity index (χ3n) is 2.97. The van der Waals surface area contributed by atoms with Crippen molar-refractivity contribution >= 4 is 0 Å². The monoisotopic (exact) mass is 279 g/mol. The molecule has 3 nitrogen and oxygen atoms in total. The normalized spacial score (nSPS) is 11.2. The molecule has 0 atom stereocenters. The molecule has 114 valence electrons. The van der Waals surface area contributed by atoms with Gasteiger partial charge in [0.2, 0.25) is 0 Å². The maximum atomic E-state index is 5.61. The van der Waals surface area contributed by atoms with E-state index in [1.165, 1.54) is 5.56 Å². The molecule has 0 saturated carbocycles. The maximum absolute atomic E-state index is 5.61. The SMILES string of the molecule is CC(C)OCCCNCCOCCCc1ccccc1. The molecule has 3 heteroatoms. The molecule has 0 amide bonds. The predicted octanol–water partition coefficient (Wildman–Crippen LogP) is 3.04. The van der Waals surface area contributed by atoms with Crippen LogP contribution in [0.1, 0.15) is 32.3 Å². The topological polar surface area (TPSA) is 30.5 Å². The van der Waals surface area contributed by atoms with Gasteiger partial charge in [-0.15, -0.1) is 0 Å². The molecule has 0 fully saturated rings. The van der Waals surface area contributed by atoms with Gasteiger partial charge >= 0.3 is 0 Å². The number of ether oxygens (including phenoxy) is 2. The van der Waals surface area contributed by atoms with Gasteiger partial charge in [0.15, 0.2) is 0 Å². The molecule has 0 saturated heterocycles. The summed E-state index contributed by atoms with van der Waals surface area (Å²) in [6.45, 7) is 8.52. The standard InChI is InChI=1S/C17H29NO2/c1-16(2)20-14-7-11-18-12-15-19-13-6-10-17-8-4-3-5-9-17/h3-5,8-9,16,18H,6-7,10-15H2,1-2H3. The highest BCUT2D eigenvalue weighted by molar-refractivity contribution is 5.14. The van der Waals surface area contributed by atoms with Crippen LogP contribution in [0, 0.1) is 0 Å². The fourth-order valence-electron chi connectivity index (χ4n) is 1.91. The average Bonchev–Trinajstić information content (AvgIpc) is 2.45. The van der Waals surface area contributed by atoms with Crippen molar-refractivity contribution < 1.29 is 9.47 Å². The molecule has 0 unspecified atom stereocenters. The molecule has 0 aliphatic carbocycles. The zero-order valence-corrected chi connectivity index (χ0v) is 12.9. The second-order valence-electron chi connectivity index (χ2n) is 5.22. The van der Waals surface area contributed by atoms with Gasteiger partial charge in [-0.2, -0.15) is 0 Å². The Balaban J connectivity index is 1.79. The van der Waals surface area contributed by atoms with Gasteiger partial charge in [0, 0.05) is 19.8 Å². The van der Waals surface area contributed by atoms with Gasteiger partial charge in [-0.1, -0.05) is 30.3 Å². The summed E-state index contributed by atoms with van der Waals surface area (Å²) >= 11 is 0. The van der Waals surface area contributed by atoms with Gasteiger partial charge in [0.1, 0.15) is 0 Å². The summed E-state index contributed by atoms with van der Waals surface area (Å²) < 4.78 is 11.1. The van der Waals surface area contributed by atoms with Crippen molar-refractivity contribution in [2.24, 2.45) is 0 Å². The Morgan fingerprint density at radius 1 is 0.950 bits per heavy atom. The van der Waals surface area contributed by atoms with Crippen LogP contribution in [0.2, 0.25) is 0 Å². The van der Waals surface area contributed by atoms with Crippen LogP contribution in [0.3, 0.4) is 0 Å². The molecule has 20 heavy (non-hydrogen) atoms. The van der Waals surface area contributed by atoms with Crippen molar-refractivity contribution in [3.05, 3.63) is 35.9 Å². The first-order valence-corrected chi connectivity index (χ1v) is 7.73. The first-order chi connectivity index (χ1) is 9.79. The van der Waals surface area contributed by atoms with E-state index < -0.39 is 0 Å². The molecule has 1 aromatic carbocycles. The van der Waals surface area contributed by atoms with E-state index in [2.05, 4.69) is 49.5 Å². The largest absolute Gasteiger partial charge is 0.380 e. The molecule has 0 bridgehead atoms. The molecular weight excluding hydrogens is 250 g/mol. The second kappa shape index (κ2) is 11.9. The zero-order chi connectivity index (χ0) is 14.5. The lowest BCUT2D eigenvalue weighted by molar-refractivity contribution is 0.0763. The fraction of sp³-hybridized carbons (Fsp3) is 0.647. The Hall–Kier alpha value is -0.900. The van der Waals surface area contributed by atoms with Gasteiger partial charge in [-0.05, 0) is 45.2 Å². The van der Waals surface area contributed by atoms with Crippen molar-refractivity contribution in [1.82, 2.24) is 5.32 Å². The second-order valence-corrected chi connectivity index (χ2v) is 5.22. The lowest BCUT2D eigenvalue weighted by atomic mass is 10.1. The Kier molecular flexibility index (Phi) is 10.2. The van der Waals surface area contributed by atoms with Crippen LogP contribution in [0.4, 0.5) is 0 Å². The van der Waals surface area contributed by atoms with E-state index >= 15 is 0 Å². The highest BCUT2D eigenvalue weighted by Crippen LogP contribution is 2.02. The number of hydrogen-bond donors (Lipinski definition) is 1. The summed E-state index contributed by atoms with van der Waals surface area (Å²) in [4.78, 5) is 0. The summed E-state index contributed by atoms with van der Waals surface area (Å²) in [7, 11) is 0. The molecular formula is C17H29NO2. The average molecular weight is 279 g/mol. The van der Waals surface area contributed by atoms with Crippen LogP contribution < -0.4 is 5.32 Å². The molecule has 1 N–H and O–H groups in total. The van der Waals surface area contributed by atoms with Crippen LogP contribution >= 0.6 is 0 Å². The van der Waals surface area contributed by atoms with Crippen LogP contribution in [-0.4, -0.2) is 39.0 Å². The fourth-order valence-corrected chi connectivity index (χ4v) is 1.91. The number of aryl methyl sites for hydroxylation is 1. The molecule has 0 heterocycles. The van der Waals surface area contributed by atoms with Crippen LogP contribution in [-0.2, 0) is 15.9 Å². The van der Waals surface area contributed by atoms with Gasteiger partial charge in [-0.25, -0.2) is 0 Å². The Bertz CT molecular complexity index is 314. The van der Waals surface area contributed by atoms with E-state index in [1.54, 1.807) is 0 Å². The lowest BCUT2D eigenvalue weighted by Gasteiger charge is -2.08. The predicted molar refractivity (Wildman–Crippen MR) is 84.2 cm³/mol. The van der Waals surface area contributed by atoms with Gasteiger partial charge < -0.3 is 14.8 Å². The van der Waals surface area contributed by atoms with E-state index in [1.807, 2.05) is 0 Å². The highest BCUT2D eigenvalue weighted by atomic mass is 16.5.